The van der Waals surface area contributed by atoms with Gasteiger partial charge in [0, 0.05) is 30.4 Å². The average molecular weight is 423 g/mol. The largest absolute Gasteiger partial charge is 0.495 e. The standard InChI is InChI=1S/C23H23ClN4O2/c1-30-22-13-19(8-9-21(22)27-10-2-3-11-27)28(15-25)23(29)20-12-17(14-26-20)16-4-6-18(24)7-5-16/h4-9,12-15,25-26H,2-3,10-11H2,1H3. The second-order valence-corrected chi connectivity index (χ2v) is 7.60. The van der Waals surface area contributed by atoms with Gasteiger partial charge in [-0.1, -0.05) is 23.7 Å². The Balaban J connectivity index is 1.60. The molecule has 2 heterocycles. The summed E-state index contributed by atoms with van der Waals surface area (Å²) in [6.07, 6.45) is 5.13. The number of nitrogens with zero attached hydrogens (tertiary/aromatic N) is 2. The van der Waals surface area contributed by atoms with Crippen molar-refractivity contribution in [2.45, 2.75) is 12.8 Å². The zero-order valence-corrected chi connectivity index (χ0v) is 17.4. The molecule has 1 aliphatic heterocycles. The Morgan fingerprint density at radius 2 is 1.87 bits per heavy atom. The van der Waals surface area contributed by atoms with Gasteiger partial charge in [-0.3, -0.25) is 15.1 Å². The van der Waals surface area contributed by atoms with E-state index in [1.807, 2.05) is 36.4 Å². The van der Waals surface area contributed by atoms with Gasteiger partial charge in [0.15, 0.2) is 0 Å². The van der Waals surface area contributed by atoms with Crippen LogP contribution in [0.2, 0.25) is 5.02 Å². The molecule has 154 valence electrons. The molecule has 1 aromatic heterocycles. The first kappa shape index (κ1) is 20.0. The van der Waals surface area contributed by atoms with Gasteiger partial charge in [-0.2, -0.15) is 0 Å². The minimum atomic E-state index is -0.318. The minimum absolute atomic E-state index is 0.318. The van der Waals surface area contributed by atoms with Gasteiger partial charge < -0.3 is 14.6 Å². The van der Waals surface area contributed by atoms with E-state index in [9.17, 15) is 4.79 Å². The van der Waals surface area contributed by atoms with Crippen LogP contribution in [-0.4, -0.2) is 37.4 Å². The van der Waals surface area contributed by atoms with E-state index in [1.54, 1.807) is 25.4 Å². The minimum Gasteiger partial charge on any atom is -0.495 e. The molecule has 0 saturated carbocycles. The molecule has 0 aliphatic carbocycles. The summed E-state index contributed by atoms with van der Waals surface area (Å²) in [6.45, 7) is 2.00. The van der Waals surface area contributed by atoms with Gasteiger partial charge in [-0.05, 0) is 54.3 Å². The smallest absolute Gasteiger partial charge is 0.279 e. The van der Waals surface area contributed by atoms with Crippen LogP contribution in [0.3, 0.4) is 0 Å². The summed E-state index contributed by atoms with van der Waals surface area (Å²) in [4.78, 5) is 19.7. The van der Waals surface area contributed by atoms with E-state index in [0.717, 1.165) is 36.2 Å². The second kappa shape index (κ2) is 8.63. The molecule has 0 unspecified atom stereocenters. The molecular formula is C23H23ClN4O2. The van der Waals surface area contributed by atoms with Crippen molar-refractivity contribution in [3.8, 4) is 16.9 Å². The number of halogens is 1. The second-order valence-electron chi connectivity index (χ2n) is 7.16. The molecule has 0 radical (unpaired) electrons. The van der Waals surface area contributed by atoms with Crippen LogP contribution in [-0.2, 0) is 0 Å². The fourth-order valence-electron chi connectivity index (χ4n) is 3.74. The Kier molecular flexibility index (Phi) is 5.77. The number of rotatable bonds is 6. The van der Waals surface area contributed by atoms with Crippen molar-refractivity contribution in [3.63, 3.8) is 0 Å². The van der Waals surface area contributed by atoms with Crippen molar-refractivity contribution >= 4 is 35.2 Å². The van der Waals surface area contributed by atoms with Crippen molar-refractivity contribution in [3.05, 3.63) is 65.4 Å². The maximum atomic E-state index is 13.1. The number of methoxy groups -OCH3 is 1. The SMILES string of the molecule is COc1cc(N(C=N)C(=O)c2cc(-c3ccc(Cl)cc3)c[nH]2)ccc1N1CCCC1. The fraction of sp³-hybridized carbons (Fsp3) is 0.217. The van der Waals surface area contributed by atoms with Crippen molar-refractivity contribution in [2.75, 3.05) is 30.0 Å². The van der Waals surface area contributed by atoms with Crippen LogP contribution in [0.4, 0.5) is 11.4 Å². The third kappa shape index (κ3) is 3.91. The zero-order valence-electron chi connectivity index (χ0n) is 16.7. The van der Waals surface area contributed by atoms with Gasteiger partial charge in [0.05, 0.1) is 24.8 Å². The number of anilines is 2. The number of H-pyrrole nitrogens is 1. The first-order valence-electron chi connectivity index (χ1n) is 9.82. The molecule has 30 heavy (non-hydrogen) atoms. The predicted molar refractivity (Wildman–Crippen MR) is 121 cm³/mol. The maximum Gasteiger partial charge on any atom is 0.279 e. The molecule has 1 saturated heterocycles. The summed E-state index contributed by atoms with van der Waals surface area (Å²) in [5.41, 5.74) is 3.82. The summed E-state index contributed by atoms with van der Waals surface area (Å²) >= 11 is 5.95. The van der Waals surface area contributed by atoms with Gasteiger partial charge in [0.25, 0.3) is 5.91 Å². The van der Waals surface area contributed by atoms with Crippen molar-refractivity contribution < 1.29 is 9.53 Å². The quantitative estimate of drug-likeness (QED) is 0.423. The molecule has 0 bridgehead atoms. The van der Waals surface area contributed by atoms with Crippen LogP contribution in [0.25, 0.3) is 11.1 Å². The van der Waals surface area contributed by atoms with E-state index < -0.39 is 0 Å². The number of aromatic amines is 1. The van der Waals surface area contributed by atoms with E-state index in [4.69, 9.17) is 21.7 Å². The number of nitrogens with one attached hydrogen (secondary N) is 2. The van der Waals surface area contributed by atoms with Crippen molar-refractivity contribution in [1.29, 1.82) is 5.41 Å². The van der Waals surface area contributed by atoms with Gasteiger partial charge >= 0.3 is 0 Å². The van der Waals surface area contributed by atoms with Gasteiger partial charge in [-0.15, -0.1) is 0 Å². The van der Waals surface area contributed by atoms with Crippen LogP contribution >= 0.6 is 11.6 Å². The van der Waals surface area contributed by atoms with E-state index in [0.29, 0.717) is 22.2 Å². The first-order chi connectivity index (χ1) is 14.6. The number of benzene rings is 2. The summed E-state index contributed by atoms with van der Waals surface area (Å²) in [7, 11) is 1.62. The average Bonchev–Trinajstić information content (AvgIpc) is 3.47. The lowest BCUT2D eigenvalue weighted by atomic mass is 10.1. The summed E-state index contributed by atoms with van der Waals surface area (Å²) in [6, 6.07) is 14.8. The number of carbonyl (C=O) groups is 1. The molecular weight excluding hydrogens is 400 g/mol. The van der Waals surface area contributed by atoms with E-state index in [-0.39, 0.29) is 5.91 Å². The van der Waals surface area contributed by atoms with E-state index in [1.165, 1.54) is 17.7 Å². The molecule has 2 aromatic carbocycles. The molecule has 0 spiro atoms. The molecule has 7 heteroatoms. The van der Waals surface area contributed by atoms with Crippen molar-refractivity contribution in [2.24, 2.45) is 0 Å². The molecule has 3 aromatic rings. The topological polar surface area (TPSA) is 72.4 Å². The van der Waals surface area contributed by atoms with Crippen LogP contribution in [0.1, 0.15) is 23.3 Å². The Labute approximate surface area is 180 Å². The highest BCUT2D eigenvalue weighted by Gasteiger charge is 2.22. The summed E-state index contributed by atoms with van der Waals surface area (Å²) in [5.74, 6) is 0.378. The molecule has 4 rings (SSSR count). The maximum absolute atomic E-state index is 13.1. The summed E-state index contributed by atoms with van der Waals surface area (Å²) < 4.78 is 5.58. The summed E-state index contributed by atoms with van der Waals surface area (Å²) in [5, 5.41) is 8.48. The van der Waals surface area contributed by atoms with Crippen LogP contribution in [0, 0.1) is 5.41 Å². The number of amides is 1. The Morgan fingerprint density at radius 3 is 2.53 bits per heavy atom. The van der Waals surface area contributed by atoms with Gasteiger partial charge in [-0.25, -0.2) is 0 Å². The lowest BCUT2D eigenvalue weighted by Gasteiger charge is -2.23. The number of hydrogen-bond acceptors (Lipinski definition) is 4. The highest BCUT2D eigenvalue weighted by Crippen LogP contribution is 2.34. The molecule has 2 N–H and O–H groups in total. The van der Waals surface area contributed by atoms with E-state index in [2.05, 4.69) is 9.88 Å². The number of ether oxygens (including phenoxy) is 1. The Morgan fingerprint density at radius 1 is 1.13 bits per heavy atom. The van der Waals surface area contributed by atoms with Gasteiger partial charge in [0.2, 0.25) is 0 Å². The monoisotopic (exact) mass is 422 g/mol. The molecule has 1 fully saturated rings. The lowest BCUT2D eigenvalue weighted by molar-refractivity contribution is 0.0999. The third-order valence-electron chi connectivity index (χ3n) is 5.33. The molecule has 1 aliphatic rings. The molecule has 1 amide bonds. The lowest BCUT2D eigenvalue weighted by Crippen LogP contribution is -2.29. The zero-order chi connectivity index (χ0) is 21.1. The third-order valence-corrected chi connectivity index (χ3v) is 5.58. The highest BCUT2D eigenvalue weighted by molar-refractivity contribution is 6.30. The number of hydrogen-bond donors (Lipinski definition) is 2. The first-order valence-corrected chi connectivity index (χ1v) is 10.2. The molecule has 6 nitrogen and oxygen atoms in total. The fourth-order valence-corrected chi connectivity index (χ4v) is 3.87. The normalized spacial score (nSPS) is 13.3. The van der Waals surface area contributed by atoms with Crippen molar-refractivity contribution in [1.82, 2.24) is 4.98 Å². The predicted octanol–water partition coefficient (Wildman–Crippen LogP) is 5.20. The van der Waals surface area contributed by atoms with Gasteiger partial charge in [0.1, 0.15) is 11.4 Å². The number of carbonyl (C=O) groups excluding carboxylic acids is 1. The Bertz CT molecular complexity index is 1060. The Hall–Kier alpha value is -3.25. The number of aromatic nitrogens is 1. The highest BCUT2D eigenvalue weighted by atomic mass is 35.5. The molecule has 0 atom stereocenters. The van der Waals surface area contributed by atoms with Crippen LogP contribution in [0.5, 0.6) is 5.75 Å². The van der Waals surface area contributed by atoms with Crippen LogP contribution < -0.4 is 14.5 Å². The van der Waals surface area contributed by atoms with E-state index >= 15 is 0 Å². The van der Waals surface area contributed by atoms with Crippen LogP contribution in [0.15, 0.2) is 54.7 Å².